The lowest BCUT2D eigenvalue weighted by molar-refractivity contribution is -0.146. The molecule has 2 heterocycles. The Morgan fingerprint density at radius 3 is 2.40 bits per heavy atom. The van der Waals surface area contributed by atoms with Gasteiger partial charge in [-0.1, -0.05) is 30.3 Å². The Bertz CT molecular complexity index is 1230. The number of imidazole rings is 1. The van der Waals surface area contributed by atoms with Crippen LogP contribution in [0.2, 0.25) is 0 Å². The van der Waals surface area contributed by atoms with E-state index in [0.717, 1.165) is 73.1 Å². The quantitative estimate of drug-likeness (QED) is 0.470. The minimum absolute atomic E-state index is 0.0218. The number of anilines is 1. The van der Waals surface area contributed by atoms with Crippen molar-refractivity contribution in [2.24, 2.45) is 5.92 Å². The van der Waals surface area contributed by atoms with Crippen molar-refractivity contribution in [2.75, 3.05) is 19.1 Å². The van der Waals surface area contributed by atoms with Crippen LogP contribution in [0.4, 0.5) is 10.5 Å². The van der Waals surface area contributed by atoms with Crippen LogP contribution in [0, 0.1) is 5.92 Å². The van der Waals surface area contributed by atoms with Gasteiger partial charge in [-0.25, -0.2) is 9.78 Å². The number of esters is 1. The van der Waals surface area contributed by atoms with Gasteiger partial charge in [0, 0.05) is 24.1 Å². The molecule has 1 saturated carbocycles. The first kappa shape index (κ1) is 23.4. The smallest absolute Gasteiger partial charge is 0.414 e. The van der Waals surface area contributed by atoms with E-state index < -0.39 is 0 Å². The standard InChI is InChI=1S/C28H33N3O4/c1-18-9-14-22-23(30(18)28(33)35-3)15-16-24-26(22)29-25(17-19-7-5-4-6-8-19)31(24)21-12-10-20(11-13-21)27(32)34-2/h4-8,15-16,18,20-21H,9-14,17H2,1-3H3/t18-,20-,21-/m0/s1. The minimum atomic E-state index is -0.331. The Morgan fingerprint density at radius 1 is 0.971 bits per heavy atom. The fourth-order valence-corrected chi connectivity index (χ4v) is 5.87. The van der Waals surface area contributed by atoms with E-state index in [1.807, 2.05) is 6.07 Å². The molecular weight excluding hydrogens is 442 g/mol. The van der Waals surface area contributed by atoms with Crippen LogP contribution in [0.15, 0.2) is 42.5 Å². The van der Waals surface area contributed by atoms with Crippen LogP contribution in [-0.2, 0) is 27.1 Å². The summed E-state index contributed by atoms with van der Waals surface area (Å²) in [5.74, 6) is 0.908. The number of aromatic nitrogens is 2. The first-order valence-electron chi connectivity index (χ1n) is 12.5. The van der Waals surface area contributed by atoms with Crippen molar-refractivity contribution in [3.05, 3.63) is 59.4 Å². The average Bonchev–Trinajstić information content (AvgIpc) is 3.26. The average molecular weight is 476 g/mol. The highest BCUT2D eigenvalue weighted by Gasteiger charge is 2.33. The van der Waals surface area contributed by atoms with E-state index in [9.17, 15) is 9.59 Å². The lowest BCUT2D eigenvalue weighted by Crippen LogP contribution is -2.42. The maximum Gasteiger partial charge on any atom is 0.414 e. The molecule has 35 heavy (non-hydrogen) atoms. The number of amides is 1. The van der Waals surface area contributed by atoms with Gasteiger partial charge in [0.2, 0.25) is 0 Å². The molecule has 0 saturated heterocycles. The van der Waals surface area contributed by atoms with E-state index in [4.69, 9.17) is 14.5 Å². The Hall–Kier alpha value is -3.35. The van der Waals surface area contributed by atoms with Gasteiger partial charge in [0.1, 0.15) is 5.82 Å². The minimum Gasteiger partial charge on any atom is -0.469 e. The van der Waals surface area contributed by atoms with Crippen molar-refractivity contribution in [3.8, 4) is 0 Å². The van der Waals surface area contributed by atoms with Crippen molar-refractivity contribution < 1.29 is 19.1 Å². The molecule has 1 amide bonds. The number of methoxy groups -OCH3 is 2. The summed E-state index contributed by atoms with van der Waals surface area (Å²) in [7, 11) is 2.90. The molecule has 1 aliphatic carbocycles. The molecule has 7 heteroatoms. The van der Waals surface area contributed by atoms with E-state index in [1.165, 1.54) is 19.8 Å². The van der Waals surface area contributed by atoms with Crippen molar-refractivity contribution in [1.29, 1.82) is 0 Å². The molecule has 2 aliphatic rings. The molecule has 1 atom stereocenters. The van der Waals surface area contributed by atoms with E-state index in [2.05, 4.69) is 47.9 Å². The fraction of sp³-hybridized carbons (Fsp3) is 0.464. The normalized spacial score (nSPS) is 22.0. The van der Waals surface area contributed by atoms with Crippen molar-refractivity contribution >= 4 is 28.8 Å². The number of carbonyl (C=O) groups is 2. The van der Waals surface area contributed by atoms with Crippen LogP contribution in [-0.4, -0.2) is 41.9 Å². The van der Waals surface area contributed by atoms with Gasteiger partial charge in [-0.3, -0.25) is 9.69 Å². The highest BCUT2D eigenvalue weighted by atomic mass is 16.5. The summed E-state index contributed by atoms with van der Waals surface area (Å²) in [5, 5.41) is 0. The molecule has 1 aromatic heterocycles. The number of aryl methyl sites for hydroxylation is 1. The number of benzene rings is 2. The van der Waals surface area contributed by atoms with Crippen LogP contribution < -0.4 is 4.90 Å². The Kier molecular flexibility index (Phi) is 6.50. The predicted octanol–water partition coefficient (Wildman–Crippen LogP) is 5.44. The van der Waals surface area contributed by atoms with Crippen LogP contribution in [0.1, 0.15) is 62.0 Å². The number of rotatable bonds is 4. The van der Waals surface area contributed by atoms with Gasteiger partial charge >= 0.3 is 12.1 Å². The molecule has 1 aliphatic heterocycles. The van der Waals surface area contributed by atoms with Gasteiger partial charge in [-0.2, -0.15) is 0 Å². The fourth-order valence-electron chi connectivity index (χ4n) is 5.87. The zero-order chi connectivity index (χ0) is 24.5. The van der Waals surface area contributed by atoms with Gasteiger partial charge in [0.25, 0.3) is 0 Å². The second kappa shape index (κ2) is 9.72. The number of fused-ring (bicyclic) bond motifs is 3. The molecule has 0 spiro atoms. The largest absolute Gasteiger partial charge is 0.469 e. The maximum atomic E-state index is 12.6. The van der Waals surface area contributed by atoms with Crippen LogP contribution in [0.5, 0.6) is 0 Å². The summed E-state index contributed by atoms with van der Waals surface area (Å²) in [6.07, 6.45) is 5.61. The molecule has 0 bridgehead atoms. The highest BCUT2D eigenvalue weighted by molar-refractivity contribution is 5.95. The van der Waals surface area contributed by atoms with Gasteiger partial charge in [-0.05, 0) is 63.1 Å². The van der Waals surface area contributed by atoms with E-state index in [-0.39, 0.29) is 30.1 Å². The third-order valence-electron chi connectivity index (χ3n) is 7.70. The summed E-state index contributed by atoms with van der Waals surface area (Å²) >= 11 is 0. The second-order valence-corrected chi connectivity index (χ2v) is 9.75. The number of hydrogen-bond acceptors (Lipinski definition) is 5. The molecule has 0 unspecified atom stereocenters. The third kappa shape index (κ3) is 4.28. The van der Waals surface area contributed by atoms with Gasteiger partial charge in [-0.15, -0.1) is 0 Å². The van der Waals surface area contributed by atoms with Crippen LogP contribution >= 0.6 is 0 Å². The van der Waals surface area contributed by atoms with Crippen molar-refractivity contribution in [2.45, 2.75) is 64.0 Å². The summed E-state index contributed by atoms with van der Waals surface area (Å²) in [6.45, 7) is 2.06. The maximum absolute atomic E-state index is 12.6. The number of carbonyl (C=O) groups excluding carboxylic acids is 2. The summed E-state index contributed by atoms with van der Waals surface area (Å²) in [6, 6.07) is 14.9. The van der Waals surface area contributed by atoms with Gasteiger partial charge < -0.3 is 14.0 Å². The monoisotopic (exact) mass is 475 g/mol. The third-order valence-corrected chi connectivity index (χ3v) is 7.70. The SMILES string of the molecule is COC(=O)N1c2ccc3c(nc(Cc4ccccc4)n3[C@H]3CC[C@H](C(=O)OC)CC3)c2CC[C@@H]1C. The summed E-state index contributed by atoms with van der Waals surface area (Å²) in [5.41, 5.74) is 5.31. The van der Waals surface area contributed by atoms with E-state index >= 15 is 0 Å². The second-order valence-electron chi connectivity index (χ2n) is 9.75. The Morgan fingerprint density at radius 2 is 1.71 bits per heavy atom. The van der Waals surface area contributed by atoms with Crippen LogP contribution in [0.3, 0.4) is 0 Å². The van der Waals surface area contributed by atoms with Crippen molar-refractivity contribution in [1.82, 2.24) is 9.55 Å². The topological polar surface area (TPSA) is 73.7 Å². The molecule has 0 N–H and O–H groups in total. The van der Waals surface area contributed by atoms with Gasteiger partial charge in [0.15, 0.2) is 0 Å². The van der Waals surface area contributed by atoms with Crippen LogP contribution in [0.25, 0.3) is 11.0 Å². The van der Waals surface area contributed by atoms with Gasteiger partial charge in [0.05, 0.1) is 36.9 Å². The summed E-state index contributed by atoms with van der Waals surface area (Å²) in [4.78, 5) is 31.6. The number of nitrogens with zero attached hydrogens (tertiary/aromatic N) is 3. The number of hydrogen-bond donors (Lipinski definition) is 0. The molecular formula is C28H33N3O4. The predicted molar refractivity (Wildman–Crippen MR) is 135 cm³/mol. The lowest BCUT2D eigenvalue weighted by Gasteiger charge is -2.34. The molecule has 2 aromatic carbocycles. The Labute approximate surface area is 206 Å². The zero-order valence-corrected chi connectivity index (χ0v) is 20.7. The summed E-state index contributed by atoms with van der Waals surface area (Å²) < 4.78 is 12.5. The zero-order valence-electron chi connectivity index (χ0n) is 20.7. The van der Waals surface area contributed by atoms with E-state index in [0.29, 0.717) is 0 Å². The molecule has 184 valence electrons. The number of ether oxygens (including phenoxy) is 2. The molecule has 7 nitrogen and oxygen atoms in total. The highest BCUT2D eigenvalue weighted by Crippen LogP contribution is 2.40. The molecule has 5 rings (SSSR count). The first-order chi connectivity index (χ1) is 17.0. The lowest BCUT2D eigenvalue weighted by atomic mass is 9.85. The molecule has 1 fully saturated rings. The molecule has 0 radical (unpaired) electrons. The Balaban J connectivity index is 1.59. The van der Waals surface area contributed by atoms with E-state index in [1.54, 1.807) is 4.90 Å². The first-order valence-corrected chi connectivity index (χ1v) is 12.5. The molecule has 3 aromatic rings. The van der Waals surface area contributed by atoms with Crippen molar-refractivity contribution in [3.63, 3.8) is 0 Å².